The van der Waals surface area contributed by atoms with E-state index in [0.717, 1.165) is 16.3 Å². The number of fused-ring (bicyclic) bond motifs is 3. The van der Waals surface area contributed by atoms with Gasteiger partial charge in [0.2, 0.25) is 0 Å². The first-order valence-electron chi connectivity index (χ1n) is 7.55. The highest BCUT2D eigenvalue weighted by atomic mass is 16.5. The molecule has 1 aliphatic rings. The largest absolute Gasteiger partial charge is 0.426 e. The van der Waals surface area contributed by atoms with Crippen LogP contribution in [0, 0.1) is 0 Å². The Bertz CT molecular complexity index is 913. The van der Waals surface area contributed by atoms with Gasteiger partial charge in [0.15, 0.2) is 5.78 Å². The summed E-state index contributed by atoms with van der Waals surface area (Å²) >= 11 is 0. The zero-order valence-electron chi connectivity index (χ0n) is 12.4. The van der Waals surface area contributed by atoms with Crippen molar-refractivity contribution in [3.05, 3.63) is 77.9 Å². The van der Waals surface area contributed by atoms with Gasteiger partial charge in [-0.15, -0.1) is 0 Å². The van der Waals surface area contributed by atoms with E-state index < -0.39 is 5.92 Å². The van der Waals surface area contributed by atoms with Crippen LogP contribution in [0.4, 0.5) is 0 Å². The van der Waals surface area contributed by atoms with E-state index in [0.29, 0.717) is 11.3 Å². The lowest BCUT2D eigenvalue weighted by molar-refractivity contribution is -0.134. The second kappa shape index (κ2) is 5.36. The van der Waals surface area contributed by atoms with Gasteiger partial charge in [-0.05, 0) is 16.8 Å². The maximum Gasteiger partial charge on any atom is 0.319 e. The van der Waals surface area contributed by atoms with Gasteiger partial charge in [-0.25, -0.2) is 0 Å². The highest BCUT2D eigenvalue weighted by molar-refractivity contribution is 6.03. The maximum atomic E-state index is 12.5. The molecular weight excluding hydrogens is 288 g/mol. The Labute approximate surface area is 133 Å². The van der Waals surface area contributed by atoms with Crippen LogP contribution in [-0.2, 0) is 4.79 Å². The number of esters is 1. The summed E-state index contributed by atoms with van der Waals surface area (Å²) in [4.78, 5) is 24.8. The number of rotatable bonds is 3. The second-order valence-corrected chi connectivity index (χ2v) is 5.67. The fourth-order valence-electron chi connectivity index (χ4n) is 3.13. The third-order valence-corrected chi connectivity index (χ3v) is 4.26. The summed E-state index contributed by atoms with van der Waals surface area (Å²) in [6, 6.07) is 20.6. The molecule has 0 aromatic heterocycles. The summed E-state index contributed by atoms with van der Waals surface area (Å²) in [5.74, 6) is -0.364. The van der Waals surface area contributed by atoms with Crippen molar-refractivity contribution < 1.29 is 14.3 Å². The Morgan fingerprint density at radius 1 is 0.913 bits per heavy atom. The number of carbonyl (C=O) groups is 2. The number of hydrogen-bond donors (Lipinski definition) is 0. The zero-order valence-corrected chi connectivity index (χ0v) is 12.4. The normalized spacial score (nSPS) is 16.2. The number of carbonyl (C=O) groups excluding carboxylic acids is 2. The molecule has 0 fully saturated rings. The predicted octanol–water partition coefficient (Wildman–Crippen LogP) is 4.12. The van der Waals surface area contributed by atoms with Crippen LogP contribution in [0.5, 0.6) is 5.75 Å². The van der Waals surface area contributed by atoms with E-state index in [9.17, 15) is 9.59 Å². The molecule has 3 aromatic rings. The molecule has 3 heteroatoms. The van der Waals surface area contributed by atoms with E-state index in [1.165, 1.54) is 0 Å². The van der Waals surface area contributed by atoms with Crippen molar-refractivity contribution in [2.45, 2.75) is 12.3 Å². The molecule has 1 aliphatic heterocycles. The Morgan fingerprint density at radius 2 is 1.65 bits per heavy atom. The number of ketones is 1. The molecule has 0 saturated carbocycles. The van der Waals surface area contributed by atoms with Crippen LogP contribution in [0.25, 0.3) is 10.8 Å². The molecule has 1 unspecified atom stereocenters. The SMILES string of the molecule is O=C(CC1C(=O)Oc2ccc3ccccc3c21)c1ccccc1. The summed E-state index contributed by atoms with van der Waals surface area (Å²) in [6.45, 7) is 0. The topological polar surface area (TPSA) is 43.4 Å². The molecule has 112 valence electrons. The minimum atomic E-state index is -0.538. The number of hydrogen-bond acceptors (Lipinski definition) is 3. The van der Waals surface area contributed by atoms with Gasteiger partial charge in [-0.3, -0.25) is 9.59 Å². The maximum absolute atomic E-state index is 12.5. The standard InChI is InChI=1S/C20H14O3/c21-17(14-7-2-1-3-8-14)12-16-19-15-9-5-4-6-13(15)10-11-18(19)23-20(16)22/h1-11,16H,12H2. The molecule has 1 heterocycles. The van der Waals surface area contributed by atoms with E-state index in [4.69, 9.17) is 4.74 Å². The molecule has 0 aliphatic carbocycles. The molecule has 0 radical (unpaired) electrons. The summed E-state index contributed by atoms with van der Waals surface area (Å²) in [5.41, 5.74) is 1.45. The molecule has 0 bridgehead atoms. The predicted molar refractivity (Wildman–Crippen MR) is 87.7 cm³/mol. The quantitative estimate of drug-likeness (QED) is 0.415. The van der Waals surface area contributed by atoms with Gasteiger partial charge in [-0.2, -0.15) is 0 Å². The van der Waals surface area contributed by atoms with E-state index >= 15 is 0 Å². The van der Waals surface area contributed by atoms with E-state index in [2.05, 4.69) is 0 Å². The minimum Gasteiger partial charge on any atom is -0.426 e. The van der Waals surface area contributed by atoms with E-state index in [-0.39, 0.29) is 18.2 Å². The molecule has 0 saturated heterocycles. The average molecular weight is 302 g/mol. The number of benzene rings is 3. The summed E-state index contributed by atoms with van der Waals surface area (Å²) in [6.07, 6.45) is 0.129. The van der Waals surface area contributed by atoms with Gasteiger partial charge < -0.3 is 4.74 Å². The van der Waals surface area contributed by atoms with Crippen LogP contribution in [0.1, 0.15) is 28.3 Å². The molecule has 3 nitrogen and oxygen atoms in total. The van der Waals surface area contributed by atoms with Crippen molar-refractivity contribution in [1.29, 1.82) is 0 Å². The van der Waals surface area contributed by atoms with Crippen LogP contribution in [0.2, 0.25) is 0 Å². The van der Waals surface area contributed by atoms with E-state index in [1.54, 1.807) is 12.1 Å². The molecule has 0 spiro atoms. The molecular formula is C20H14O3. The van der Waals surface area contributed by atoms with Crippen molar-refractivity contribution in [2.75, 3.05) is 0 Å². The number of Topliss-reactive ketones (excluding diaryl/α,β-unsaturated/α-hetero) is 1. The highest BCUT2D eigenvalue weighted by Crippen LogP contribution is 2.42. The molecule has 4 rings (SSSR count). The fourth-order valence-corrected chi connectivity index (χ4v) is 3.13. The molecule has 1 atom stereocenters. The summed E-state index contributed by atoms with van der Waals surface area (Å²) in [7, 11) is 0. The Morgan fingerprint density at radius 3 is 2.48 bits per heavy atom. The van der Waals surface area contributed by atoms with Crippen molar-refractivity contribution in [2.24, 2.45) is 0 Å². The van der Waals surface area contributed by atoms with Gasteiger partial charge in [-0.1, -0.05) is 60.7 Å². The van der Waals surface area contributed by atoms with Crippen LogP contribution >= 0.6 is 0 Å². The third-order valence-electron chi connectivity index (χ3n) is 4.26. The number of ether oxygens (including phenoxy) is 1. The van der Waals surface area contributed by atoms with Gasteiger partial charge in [0.1, 0.15) is 5.75 Å². The molecule has 0 N–H and O–H groups in total. The average Bonchev–Trinajstić information content (AvgIpc) is 2.91. The van der Waals surface area contributed by atoms with Crippen molar-refractivity contribution >= 4 is 22.5 Å². The Kier molecular flexibility index (Phi) is 3.19. The van der Waals surface area contributed by atoms with Gasteiger partial charge in [0, 0.05) is 17.5 Å². The van der Waals surface area contributed by atoms with Crippen molar-refractivity contribution in [3.63, 3.8) is 0 Å². The smallest absolute Gasteiger partial charge is 0.319 e. The van der Waals surface area contributed by atoms with Crippen LogP contribution < -0.4 is 4.74 Å². The van der Waals surface area contributed by atoms with Gasteiger partial charge in [0.25, 0.3) is 0 Å². The fraction of sp³-hybridized carbons (Fsp3) is 0.100. The van der Waals surface area contributed by atoms with E-state index in [1.807, 2.05) is 54.6 Å². The van der Waals surface area contributed by atoms with Crippen molar-refractivity contribution in [3.8, 4) is 5.75 Å². The first kappa shape index (κ1) is 13.7. The first-order chi connectivity index (χ1) is 11.2. The monoisotopic (exact) mass is 302 g/mol. The highest BCUT2D eigenvalue weighted by Gasteiger charge is 2.36. The lowest BCUT2D eigenvalue weighted by Crippen LogP contribution is -2.15. The molecule has 3 aromatic carbocycles. The van der Waals surface area contributed by atoms with Crippen LogP contribution in [-0.4, -0.2) is 11.8 Å². The van der Waals surface area contributed by atoms with Crippen LogP contribution in [0.3, 0.4) is 0 Å². The first-order valence-corrected chi connectivity index (χ1v) is 7.55. The van der Waals surface area contributed by atoms with Crippen molar-refractivity contribution in [1.82, 2.24) is 0 Å². The van der Waals surface area contributed by atoms with Gasteiger partial charge >= 0.3 is 5.97 Å². The molecule has 23 heavy (non-hydrogen) atoms. The lowest BCUT2D eigenvalue weighted by atomic mass is 9.89. The minimum absolute atomic E-state index is 0.0478. The third kappa shape index (κ3) is 2.30. The van der Waals surface area contributed by atoms with Gasteiger partial charge in [0.05, 0.1) is 5.92 Å². The second-order valence-electron chi connectivity index (χ2n) is 5.67. The summed E-state index contributed by atoms with van der Waals surface area (Å²) in [5, 5.41) is 2.02. The Balaban J connectivity index is 1.76. The Hall–Kier alpha value is -2.94. The van der Waals surface area contributed by atoms with Crippen LogP contribution in [0.15, 0.2) is 66.7 Å². The zero-order chi connectivity index (χ0) is 15.8. The lowest BCUT2D eigenvalue weighted by Gasteiger charge is -2.09. The summed E-state index contributed by atoms with van der Waals surface area (Å²) < 4.78 is 5.37. The molecule has 0 amide bonds.